The largest absolute Gasteiger partial charge is 0.355 e. The second kappa shape index (κ2) is 6.63. The molecular weight excluding hydrogens is 356 g/mol. The smallest absolute Gasteiger partial charge is 0.277 e. The monoisotopic (exact) mass is 378 g/mol. The highest BCUT2D eigenvalue weighted by atomic mass is 16.5. The molecular formula is C20H22N6O2. The first kappa shape index (κ1) is 18.0. The number of aromatic nitrogens is 5. The van der Waals surface area contributed by atoms with Gasteiger partial charge >= 0.3 is 0 Å². The lowest BCUT2D eigenvalue weighted by atomic mass is 9.96. The molecule has 0 saturated heterocycles. The molecule has 0 spiro atoms. The van der Waals surface area contributed by atoms with Crippen molar-refractivity contribution >= 4 is 22.6 Å². The zero-order valence-electron chi connectivity index (χ0n) is 16.3. The van der Waals surface area contributed by atoms with Gasteiger partial charge in [0.1, 0.15) is 5.82 Å². The molecule has 3 aromatic heterocycles. The molecule has 4 aromatic rings. The number of hydrogen-bond acceptors (Lipinski definition) is 5. The number of anilines is 1. The molecule has 8 nitrogen and oxygen atoms in total. The van der Waals surface area contributed by atoms with Crippen molar-refractivity contribution in [2.24, 2.45) is 0 Å². The van der Waals surface area contributed by atoms with Crippen molar-refractivity contribution in [1.82, 2.24) is 24.9 Å². The predicted molar refractivity (Wildman–Crippen MR) is 106 cm³/mol. The summed E-state index contributed by atoms with van der Waals surface area (Å²) in [5.41, 5.74) is 3.30. The number of amides is 1. The Morgan fingerprint density at radius 1 is 1.29 bits per heavy atom. The maximum absolute atomic E-state index is 12.5. The van der Waals surface area contributed by atoms with Gasteiger partial charge < -0.3 is 14.8 Å². The Morgan fingerprint density at radius 3 is 2.82 bits per heavy atom. The second-order valence-electron chi connectivity index (χ2n) is 7.68. The molecule has 0 aliphatic rings. The van der Waals surface area contributed by atoms with E-state index in [1.54, 1.807) is 16.9 Å². The summed E-state index contributed by atoms with van der Waals surface area (Å²) in [5.74, 6) is 1.07. The Hall–Kier alpha value is -3.42. The lowest BCUT2D eigenvalue weighted by Crippen LogP contribution is -2.13. The minimum absolute atomic E-state index is 0.0782. The number of nitrogens with one attached hydrogen (secondary N) is 2. The van der Waals surface area contributed by atoms with Crippen LogP contribution in [0.15, 0.2) is 41.2 Å². The van der Waals surface area contributed by atoms with E-state index in [1.165, 1.54) is 0 Å². The van der Waals surface area contributed by atoms with Gasteiger partial charge in [-0.2, -0.15) is 5.10 Å². The zero-order valence-corrected chi connectivity index (χ0v) is 16.3. The van der Waals surface area contributed by atoms with Crippen molar-refractivity contribution < 1.29 is 9.32 Å². The van der Waals surface area contributed by atoms with Gasteiger partial charge in [-0.05, 0) is 25.1 Å². The quantitative estimate of drug-likeness (QED) is 0.559. The standard InChI is InChI=1S/C20H22N6O2/c1-5-26-11-12(10-21-26)17-9-16(25-28-17)18(27)22-13-6-7-14-15(8-13)24-19(23-14)20(2,3)4/h6-11H,5H2,1-4H3,(H,22,27)(H,23,24). The molecule has 0 radical (unpaired) electrons. The first-order chi connectivity index (χ1) is 13.3. The molecule has 0 aliphatic carbocycles. The van der Waals surface area contributed by atoms with Crippen molar-refractivity contribution in [3.05, 3.63) is 48.2 Å². The van der Waals surface area contributed by atoms with Crippen LogP contribution in [-0.4, -0.2) is 30.8 Å². The summed E-state index contributed by atoms with van der Waals surface area (Å²) in [5, 5.41) is 10.9. The number of carbonyl (C=O) groups is 1. The number of nitrogens with zero attached hydrogens (tertiary/aromatic N) is 4. The fourth-order valence-electron chi connectivity index (χ4n) is 2.82. The fourth-order valence-corrected chi connectivity index (χ4v) is 2.82. The van der Waals surface area contributed by atoms with E-state index in [-0.39, 0.29) is 17.0 Å². The van der Waals surface area contributed by atoms with Gasteiger partial charge in [0.25, 0.3) is 5.91 Å². The van der Waals surface area contributed by atoms with Gasteiger partial charge in [0.2, 0.25) is 0 Å². The summed E-state index contributed by atoms with van der Waals surface area (Å²) in [4.78, 5) is 20.5. The average Bonchev–Trinajstić information content (AvgIpc) is 3.38. The normalized spacial score (nSPS) is 11.9. The number of aryl methyl sites for hydroxylation is 1. The van der Waals surface area contributed by atoms with E-state index >= 15 is 0 Å². The Morgan fingerprint density at radius 2 is 2.11 bits per heavy atom. The number of benzene rings is 1. The minimum Gasteiger partial charge on any atom is -0.355 e. The van der Waals surface area contributed by atoms with Crippen LogP contribution in [0, 0.1) is 0 Å². The lowest BCUT2D eigenvalue weighted by molar-refractivity contribution is 0.101. The number of aromatic amines is 1. The van der Waals surface area contributed by atoms with E-state index < -0.39 is 0 Å². The zero-order chi connectivity index (χ0) is 19.9. The maximum atomic E-state index is 12.5. The number of fused-ring (bicyclic) bond motifs is 1. The van der Waals surface area contributed by atoms with Gasteiger partial charge in [-0.1, -0.05) is 25.9 Å². The topological polar surface area (TPSA) is 102 Å². The highest BCUT2D eigenvalue weighted by Gasteiger charge is 2.19. The number of carbonyl (C=O) groups excluding carboxylic acids is 1. The molecule has 8 heteroatoms. The summed E-state index contributed by atoms with van der Waals surface area (Å²) in [6.07, 6.45) is 3.53. The van der Waals surface area contributed by atoms with Crippen LogP contribution in [0.2, 0.25) is 0 Å². The molecule has 0 aliphatic heterocycles. The number of hydrogen-bond donors (Lipinski definition) is 2. The molecule has 0 bridgehead atoms. The second-order valence-corrected chi connectivity index (χ2v) is 7.68. The summed E-state index contributed by atoms with van der Waals surface area (Å²) < 4.78 is 7.08. The average molecular weight is 378 g/mol. The van der Waals surface area contributed by atoms with E-state index in [0.717, 1.165) is 29.0 Å². The van der Waals surface area contributed by atoms with E-state index in [0.29, 0.717) is 11.4 Å². The predicted octanol–water partition coefficient (Wildman–Crippen LogP) is 3.98. The Balaban J connectivity index is 1.53. The molecule has 4 rings (SSSR count). The van der Waals surface area contributed by atoms with Gasteiger partial charge in [0.15, 0.2) is 11.5 Å². The molecule has 0 fully saturated rings. The highest BCUT2D eigenvalue weighted by molar-refractivity contribution is 6.04. The molecule has 2 N–H and O–H groups in total. The Kier molecular flexibility index (Phi) is 4.26. The van der Waals surface area contributed by atoms with Crippen LogP contribution in [0.3, 0.4) is 0 Å². The third-order valence-electron chi connectivity index (χ3n) is 4.43. The Bertz CT molecular complexity index is 1150. The van der Waals surface area contributed by atoms with Gasteiger partial charge in [-0.3, -0.25) is 9.48 Å². The summed E-state index contributed by atoms with van der Waals surface area (Å²) in [7, 11) is 0. The summed E-state index contributed by atoms with van der Waals surface area (Å²) >= 11 is 0. The van der Waals surface area contributed by atoms with Crippen LogP contribution in [0.5, 0.6) is 0 Å². The van der Waals surface area contributed by atoms with E-state index in [4.69, 9.17) is 4.52 Å². The number of H-pyrrole nitrogens is 1. The van der Waals surface area contributed by atoms with Gasteiger partial charge in [-0.25, -0.2) is 4.98 Å². The van der Waals surface area contributed by atoms with E-state index in [1.807, 2.05) is 31.3 Å². The van der Waals surface area contributed by atoms with Gasteiger partial charge in [0.05, 0.1) is 22.8 Å². The van der Waals surface area contributed by atoms with Gasteiger partial charge in [-0.15, -0.1) is 0 Å². The number of rotatable bonds is 4. The summed E-state index contributed by atoms with van der Waals surface area (Å²) in [6, 6.07) is 7.17. The van der Waals surface area contributed by atoms with Crippen molar-refractivity contribution in [3.63, 3.8) is 0 Å². The molecule has 0 saturated carbocycles. The van der Waals surface area contributed by atoms with Crippen molar-refractivity contribution in [2.45, 2.75) is 39.7 Å². The summed E-state index contributed by atoms with van der Waals surface area (Å²) in [6.45, 7) is 9.05. The van der Waals surface area contributed by atoms with Crippen molar-refractivity contribution in [2.75, 3.05) is 5.32 Å². The molecule has 1 aromatic carbocycles. The van der Waals surface area contributed by atoms with Crippen LogP contribution >= 0.6 is 0 Å². The lowest BCUT2D eigenvalue weighted by Gasteiger charge is -2.13. The third kappa shape index (κ3) is 3.40. The van der Waals surface area contributed by atoms with Crippen LogP contribution < -0.4 is 5.32 Å². The maximum Gasteiger partial charge on any atom is 0.277 e. The van der Waals surface area contributed by atoms with Crippen LogP contribution in [0.25, 0.3) is 22.4 Å². The molecule has 1 amide bonds. The molecule has 3 heterocycles. The number of imidazole rings is 1. The van der Waals surface area contributed by atoms with Crippen molar-refractivity contribution in [1.29, 1.82) is 0 Å². The highest BCUT2D eigenvalue weighted by Crippen LogP contribution is 2.25. The molecule has 144 valence electrons. The van der Waals surface area contributed by atoms with E-state index in [2.05, 4.69) is 46.3 Å². The molecule has 0 atom stereocenters. The van der Waals surface area contributed by atoms with Crippen LogP contribution in [-0.2, 0) is 12.0 Å². The first-order valence-electron chi connectivity index (χ1n) is 9.14. The minimum atomic E-state index is -0.340. The van der Waals surface area contributed by atoms with Crippen LogP contribution in [0.1, 0.15) is 44.0 Å². The first-order valence-corrected chi connectivity index (χ1v) is 9.14. The molecule has 0 unspecified atom stereocenters. The molecule has 28 heavy (non-hydrogen) atoms. The van der Waals surface area contributed by atoms with Gasteiger partial charge in [0, 0.05) is 29.9 Å². The SMILES string of the molecule is CCn1cc(-c2cc(C(=O)Nc3ccc4nc(C(C)(C)C)[nH]c4c3)no2)cn1. The fraction of sp³-hybridized carbons (Fsp3) is 0.300. The Labute approximate surface area is 161 Å². The van der Waals surface area contributed by atoms with E-state index in [9.17, 15) is 4.79 Å². The van der Waals surface area contributed by atoms with Crippen molar-refractivity contribution in [3.8, 4) is 11.3 Å². The third-order valence-corrected chi connectivity index (χ3v) is 4.43. The van der Waals surface area contributed by atoms with Crippen LogP contribution in [0.4, 0.5) is 5.69 Å².